The fraction of sp³-hybridized carbons (Fsp3) is 0.438. The van der Waals surface area contributed by atoms with E-state index in [2.05, 4.69) is 5.32 Å². The molecule has 0 radical (unpaired) electrons. The third kappa shape index (κ3) is 4.52. The van der Waals surface area contributed by atoms with Gasteiger partial charge in [0, 0.05) is 44.3 Å². The molecule has 1 heterocycles. The summed E-state index contributed by atoms with van der Waals surface area (Å²) >= 11 is 0. The van der Waals surface area contributed by atoms with Crippen LogP contribution in [0.5, 0.6) is 0 Å². The van der Waals surface area contributed by atoms with Crippen LogP contribution >= 0.6 is 0 Å². The Morgan fingerprint density at radius 1 is 1.24 bits per heavy atom. The van der Waals surface area contributed by atoms with E-state index in [1.807, 2.05) is 0 Å². The highest BCUT2D eigenvalue weighted by Crippen LogP contribution is 2.24. The average Bonchev–Trinajstić information content (AvgIpc) is 2.61. The van der Waals surface area contributed by atoms with E-state index < -0.39 is 22.5 Å². The molecule has 0 atom stereocenters. The fourth-order valence-electron chi connectivity index (χ4n) is 2.85. The summed E-state index contributed by atoms with van der Waals surface area (Å²) in [6, 6.07) is 3.16. The molecule has 0 aromatic heterocycles. The van der Waals surface area contributed by atoms with Crippen molar-refractivity contribution in [2.45, 2.75) is 19.3 Å². The lowest BCUT2D eigenvalue weighted by molar-refractivity contribution is -0.384. The number of piperidine rings is 1. The molecule has 9 nitrogen and oxygen atoms in total. The lowest BCUT2D eigenvalue weighted by Crippen LogP contribution is -2.39. The maximum Gasteiger partial charge on any atom is 0.335 e. The molecule has 0 unspecified atom stereocenters. The number of carbonyl (C=O) groups is 3. The van der Waals surface area contributed by atoms with E-state index in [0.717, 1.165) is 18.2 Å². The van der Waals surface area contributed by atoms with Crippen LogP contribution in [0.3, 0.4) is 0 Å². The van der Waals surface area contributed by atoms with Crippen molar-refractivity contribution in [2.75, 3.05) is 20.1 Å². The van der Waals surface area contributed by atoms with Crippen molar-refractivity contribution in [3.8, 4) is 0 Å². The minimum absolute atomic E-state index is 0.0173. The summed E-state index contributed by atoms with van der Waals surface area (Å²) in [7, 11) is 1.57. The molecule has 9 heteroatoms. The molecule has 0 spiro atoms. The highest BCUT2D eigenvalue weighted by Gasteiger charge is 2.26. The predicted molar refractivity (Wildman–Crippen MR) is 87.4 cm³/mol. The van der Waals surface area contributed by atoms with Crippen LogP contribution < -0.4 is 5.32 Å². The van der Waals surface area contributed by atoms with Crippen molar-refractivity contribution in [3.05, 3.63) is 39.4 Å². The Balaban J connectivity index is 2.12. The van der Waals surface area contributed by atoms with Gasteiger partial charge in [0.05, 0.1) is 10.5 Å². The smallest absolute Gasteiger partial charge is 0.335 e. The molecule has 1 aliphatic rings. The minimum Gasteiger partial charge on any atom is -0.478 e. The van der Waals surface area contributed by atoms with Crippen molar-refractivity contribution < 1.29 is 24.4 Å². The van der Waals surface area contributed by atoms with Gasteiger partial charge in [0.2, 0.25) is 5.91 Å². The van der Waals surface area contributed by atoms with Gasteiger partial charge in [-0.3, -0.25) is 19.7 Å². The molecule has 134 valence electrons. The van der Waals surface area contributed by atoms with Gasteiger partial charge < -0.3 is 15.3 Å². The van der Waals surface area contributed by atoms with Crippen LogP contribution in [0.2, 0.25) is 0 Å². The molecule has 2 amide bonds. The Morgan fingerprint density at radius 2 is 1.84 bits per heavy atom. The number of nitrogens with zero attached hydrogens (tertiary/aromatic N) is 2. The maximum absolute atomic E-state index is 12.6. The first-order valence-electron chi connectivity index (χ1n) is 7.84. The first-order chi connectivity index (χ1) is 11.8. The molecule has 1 fully saturated rings. The van der Waals surface area contributed by atoms with Crippen molar-refractivity contribution in [3.63, 3.8) is 0 Å². The normalized spacial score (nSPS) is 14.8. The standard InChI is InChI=1S/C16H19N3O6/c1-17-14(20)6-10-2-4-18(5-3-10)15(21)11-7-12(16(22)23)9-13(8-11)19(24)25/h7-10H,2-6H2,1H3,(H,17,20)(H,22,23). The average molecular weight is 349 g/mol. The molecule has 0 saturated carbocycles. The monoisotopic (exact) mass is 349 g/mol. The molecule has 0 bridgehead atoms. The summed E-state index contributed by atoms with van der Waals surface area (Å²) in [6.07, 6.45) is 1.71. The van der Waals surface area contributed by atoms with Gasteiger partial charge in [0.15, 0.2) is 0 Å². The first kappa shape index (κ1) is 18.4. The van der Waals surface area contributed by atoms with E-state index >= 15 is 0 Å². The highest BCUT2D eigenvalue weighted by molar-refractivity contribution is 5.98. The number of non-ortho nitro benzene ring substituents is 1. The number of carboxylic acids is 1. The Morgan fingerprint density at radius 3 is 2.36 bits per heavy atom. The highest BCUT2D eigenvalue weighted by atomic mass is 16.6. The Labute approximate surface area is 143 Å². The van der Waals surface area contributed by atoms with Crippen LogP contribution in [-0.2, 0) is 4.79 Å². The number of carboxylic acid groups (broad SMARTS) is 1. The molecular weight excluding hydrogens is 330 g/mol. The van der Waals surface area contributed by atoms with Crippen LogP contribution in [0.1, 0.15) is 40.0 Å². The van der Waals surface area contributed by atoms with E-state index in [0.29, 0.717) is 32.4 Å². The minimum atomic E-state index is -1.33. The van der Waals surface area contributed by atoms with Crippen LogP contribution in [-0.4, -0.2) is 52.9 Å². The molecule has 2 rings (SSSR count). The van der Waals surface area contributed by atoms with E-state index in [1.165, 1.54) is 4.90 Å². The van der Waals surface area contributed by atoms with Gasteiger partial charge in [-0.25, -0.2) is 4.79 Å². The number of hydrogen-bond donors (Lipinski definition) is 2. The number of nitro groups is 1. The number of aromatic carboxylic acids is 1. The number of nitrogens with one attached hydrogen (secondary N) is 1. The van der Waals surface area contributed by atoms with Gasteiger partial charge in [-0.1, -0.05) is 0 Å². The van der Waals surface area contributed by atoms with E-state index in [1.54, 1.807) is 7.05 Å². The van der Waals surface area contributed by atoms with Gasteiger partial charge in [-0.05, 0) is 24.8 Å². The summed E-state index contributed by atoms with van der Waals surface area (Å²) in [5.41, 5.74) is -0.749. The third-order valence-corrected chi connectivity index (χ3v) is 4.28. The zero-order valence-corrected chi connectivity index (χ0v) is 13.7. The lowest BCUT2D eigenvalue weighted by Gasteiger charge is -2.31. The lowest BCUT2D eigenvalue weighted by atomic mass is 9.92. The Bertz CT molecular complexity index is 678. The topological polar surface area (TPSA) is 130 Å². The molecule has 1 aromatic rings. The zero-order chi connectivity index (χ0) is 18.6. The SMILES string of the molecule is CNC(=O)CC1CCN(C(=O)c2cc(C(=O)O)cc([N+](=O)[O-])c2)CC1. The molecule has 1 saturated heterocycles. The van der Waals surface area contributed by atoms with E-state index in [4.69, 9.17) is 5.11 Å². The third-order valence-electron chi connectivity index (χ3n) is 4.28. The molecule has 2 N–H and O–H groups in total. The molecule has 1 aromatic carbocycles. The number of carbonyl (C=O) groups excluding carboxylic acids is 2. The number of amides is 2. The quantitative estimate of drug-likeness (QED) is 0.608. The van der Waals surface area contributed by atoms with Crippen molar-refractivity contribution in [1.82, 2.24) is 10.2 Å². The van der Waals surface area contributed by atoms with Crippen molar-refractivity contribution in [2.24, 2.45) is 5.92 Å². The predicted octanol–water partition coefficient (Wildman–Crippen LogP) is 1.28. The fourth-order valence-corrected chi connectivity index (χ4v) is 2.85. The zero-order valence-electron chi connectivity index (χ0n) is 13.7. The second-order valence-corrected chi connectivity index (χ2v) is 5.94. The largest absolute Gasteiger partial charge is 0.478 e. The van der Waals surface area contributed by atoms with Crippen LogP contribution in [0.4, 0.5) is 5.69 Å². The molecular formula is C16H19N3O6. The first-order valence-corrected chi connectivity index (χ1v) is 7.84. The van der Waals surface area contributed by atoms with E-state index in [-0.39, 0.29) is 23.0 Å². The summed E-state index contributed by atoms with van der Waals surface area (Å²) < 4.78 is 0. The van der Waals surface area contributed by atoms with Gasteiger partial charge in [0.25, 0.3) is 11.6 Å². The number of benzene rings is 1. The number of hydrogen-bond acceptors (Lipinski definition) is 5. The van der Waals surface area contributed by atoms with Gasteiger partial charge >= 0.3 is 5.97 Å². The summed E-state index contributed by atoms with van der Waals surface area (Å²) in [4.78, 5) is 46.8. The summed E-state index contributed by atoms with van der Waals surface area (Å²) in [6.45, 7) is 0.844. The molecule has 1 aliphatic heterocycles. The van der Waals surface area contributed by atoms with Crippen LogP contribution in [0.15, 0.2) is 18.2 Å². The van der Waals surface area contributed by atoms with Crippen LogP contribution in [0, 0.1) is 16.0 Å². The van der Waals surface area contributed by atoms with Crippen molar-refractivity contribution >= 4 is 23.5 Å². The van der Waals surface area contributed by atoms with Gasteiger partial charge in [-0.2, -0.15) is 0 Å². The van der Waals surface area contributed by atoms with Gasteiger partial charge in [-0.15, -0.1) is 0 Å². The Hall–Kier alpha value is -2.97. The van der Waals surface area contributed by atoms with Crippen LogP contribution in [0.25, 0.3) is 0 Å². The second-order valence-electron chi connectivity index (χ2n) is 5.94. The molecule has 25 heavy (non-hydrogen) atoms. The van der Waals surface area contributed by atoms with E-state index in [9.17, 15) is 24.5 Å². The number of rotatable bonds is 5. The second kappa shape index (κ2) is 7.73. The van der Waals surface area contributed by atoms with Crippen molar-refractivity contribution in [1.29, 1.82) is 0 Å². The number of nitro benzene ring substituents is 1. The maximum atomic E-state index is 12.6. The van der Waals surface area contributed by atoms with Gasteiger partial charge in [0.1, 0.15) is 0 Å². The number of likely N-dealkylation sites (tertiary alicyclic amines) is 1. The summed E-state index contributed by atoms with van der Waals surface area (Å²) in [5.74, 6) is -1.63. The molecule has 0 aliphatic carbocycles. The summed E-state index contributed by atoms with van der Waals surface area (Å²) in [5, 5.41) is 22.6. The Kier molecular flexibility index (Phi) is 5.68.